The van der Waals surface area contributed by atoms with Gasteiger partial charge in [0, 0.05) is 58.5 Å². The molecule has 0 aromatic heterocycles. The third-order valence-electron chi connectivity index (χ3n) is 5.65. The highest BCUT2D eigenvalue weighted by Gasteiger charge is 2.27. The molecule has 3 rings (SSSR count). The lowest BCUT2D eigenvalue weighted by atomic mass is 10.0. The van der Waals surface area contributed by atoms with Crippen molar-refractivity contribution >= 4 is 15.7 Å². The standard InChI is InChI=1S/C22H31FN4O3S/c1-25(2)19-8-5-17(6-9-19)20(27-13-11-26(3)12-14-27)16-24-31(28,29)22-15-18(23)7-10-21(22)30-4/h5-10,15,20,24H,11-14,16H2,1-4H3. The second-order valence-electron chi connectivity index (χ2n) is 7.99. The average molecular weight is 451 g/mol. The Bertz CT molecular complexity index is 975. The number of rotatable bonds is 8. The van der Waals surface area contributed by atoms with Gasteiger partial charge in [0.1, 0.15) is 16.5 Å². The van der Waals surface area contributed by atoms with Crippen LogP contribution in [0.5, 0.6) is 5.75 Å². The van der Waals surface area contributed by atoms with Crippen LogP contribution < -0.4 is 14.4 Å². The molecule has 1 atom stereocenters. The number of piperazine rings is 1. The Balaban J connectivity index is 1.85. The molecule has 0 bridgehead atoms. The van der Waals surface area contributed by atoms with Crippen molar-refractivity contribution in [2.75, 3.05) is 65.9 Å². The molecule has 1 unspecified atom stereocenters. The Morgan fingerprint density at radius 1 is 1.10 bits per heavy atom. The SMILES string of the molecule is COc1ccc(F)cc1S(=O)(=O)NCC(c1ccc(N(C)C)cc1)N1CCN(C)CC1. The fourth-order valence-electron chi connectivity index (χ4n) is 3.71. The van der Waals surface area contributed by atoms with Gasteiger partial charge in [0.25, 0.3) is 0 Å². The average Bonchev–Trinajstić information content (AvgIpc) is 2.75. The molecule has 1 saturated heterocycles. The maximum atomic E-state index is 13.7. The third kappa shape index (κ3) is 5.74. The number of hydrogen-bond acceptors (Lipinski definition) is 6. The summed E-state index contributed by atoms with van der Waals surface area (Å²) in [6.07, 6.45) is 0. The number of halogens is 1. The van der Waals surface area contributed by atoms with Crippen LogP contribution in [0.3, 0.4) is 0 Å². The second kappa shape index (κ2) is 9.95. The molecule has 1 aliphatic rings. The molecule has 0 saturated carbocycles. The number of methoxy groups -OCH3 is 1. The van der Waals surface area contributed by atoms with Crippen molar-refractivity contribution in [2.24, 2.45) is 0 Å². The van der Waals surface area contributed by atoms with Gasteiger partial charge in [0.2, 0.25) is 10.0 Å². The number of nitrogens with one attached hydrogen (secondary N) is 1. The number of hydrogen-bond donors (Lipinski definition) is 1. The van der Waals surface area contributed by atoms with Crippen molar-refractivity contribution < 1.29 is 17.5 Å². The minimum Gasteiger partial charge on any atom is -0.495 e. The number of sulfonamides is 1. The van der Waals surface area contributed by atoms with Crippen LogP contribution in [0.2, 0.25) is 0 Å². The van der Waals surface area contributed by atoms with Crippen molar-refractivity contribution in [3.8, 4) is 5.75 Å². The van der Waals surface area contributed by atoms with Crippen LogP contribution in [0.25, 0.3) is 0 Å². The lowest BCUT2D eigenvalue weighted by Gasteiger charge is -2.38. The van der Waals surface area contributed by atoms with Crippen molar-refractivity contribution in [2.45, 2.75) is 10.9 Å². The minimum atomic E-state index is -3.96. The van der Waals surface area contributed by atoms with E-state index >= 15 is 0 Å². The van der Waals surface area contributed by atoms with Gasteiger partial charge in [-0.1, -0.05) is 12.1 Å². The number of ether oxygens (including phenoxy) is 1. The van der Waals surface area contributed by atoms with E-state index in [1.165, 1.54) is 19.2 Å². The van der Waals surface area contributed by atoms with Gasteiger partial charge >= 0.3 is 0 Å². The Kier molecular flexibility index (Phi) is 7.53. The van der Waals surface area contributed by atoms with E-state index in [1.807, 2.05) is 43.3 Å². The normalized spacial score (nSPS) is 16.8. The molecule has 7 nitrogen and oxygen atoms in total. The number of anilines is 1. The summed E-state index contributed by atoms with van der Waals surface area (Å²) in [6, 6.07) is 11.5. The highest BCUT2D eigenvalue weighted by atomic mass is 32.2. The van der Waals surface area contributed by atoms with Crippen LogP contribution in [-0.2, 0) is 10.0 Å². The van der Waals surface area contributed by atoms with E-state index in [9.17, 15) is 12.8 Å². The Labute approximate surface area is 184 Å². The zero-order chi connectivity index (χ0) is 22.6. The molecule has 1 heterocycles. The molecule has 9 heteroatoms. The molecule has 1 fully saturated rings. The maximum absolute atomic E-state index is 13.7. The summed E-state index contributed by atoms with van der Waals surface area (Å²) >= 11 is 0. The first-order chi connectivity index (χ1) is 14.7. The Morgan fingerprint density at radius 3 is 2.32 bits per heavy atom. The molecule has 0 aliphatic carbocycles. The summed E-state index contributed by atoms with van der Waals surface area (Å²) in [5.41, 5.74) is 2.11. The van der Waals surface area contributed by atoms with E-state index in [2.05, 4.69) is 21.6 Å². The molecule has 2 aromatic carbocycles. The summed E-state index contributed by atoms with van der Waals surface area (Å²) in [6.45, 7) is 3.67. The largest absolute Gasteiger partial charge is 0.495 e. The van der Waals surface area contributed by atoms with Crippen molar-refractivity contribution in [1.82, 2.24) is 14.5 Å². The van der Waals surface area contributed by atoms with E-state index in [-0.39, 0.29) is 23.2 Å². The molecule has 1 aliphatic heterocycles. The maximum Gasteiger partial charge on any atom is 0.244 e. The van der Waals surface area contributed by atoms with Crippen molar-refractivity contribution in [3.63, 3.8) is 0 Å². The van der Waals surface area contributed by atoms with E-state index in [0.717, 1.165) is 43.5 Å². The van der Waals surface area contributed by atoms with Gasteiger partial charge in [-0.05, 0) is 42.9 Å². The van der Waals surface area contributed by atoms with E-state index in [1.54, 1.807) is 0 Å². The molecule has 2 aromatic rings. The molecule has 0 radical (unpaired) electrons. The first-order valence-electron chi connectivity index (χ1n) is 10.2. The van der Waals surface area contributed by atoms with Crippen LogP contribution in [0.4, 0.5) is 10.1 Å². The summed E-state index contributed by atoms with van der Waals surface area (Å²) in [4.78, 5) is 6.36. The summed E-state index contributed by atoms with van der Waals surface area (Å²) in [5, 5.41) is 0. The van der Waals surface area contributed by atoms with Gasteiger partial charge in [0.05, 0.1) is 7.11 Å². The van der Waals surface area contributed by atoms with E-state index in [4.69, 9.17) is 4.74 Å². The van der Waals surface area contributed by atoms with E-state index < -0.39 is 15.8 Å². The number of likely N-dealkylation sites (N-methyl/N-ethyl adjacent to an activating group) is 1. The van der Waals surface area contributed by atoms with Gasteiger partial charge in [-0.25, -0.2) is 17.5 Å². The molecule has 170 valence electrons. The van der Waals surface area contributed by atoms with E-state index in [0.29, 0.717) is 0 Å². The van der Waals surface area contributed by atoms with Crippen LogP contribution in [0, 0.1) is 5.82 Å². The molecule has 0 amide bonds. The van der Waals surface area contributed by atoms with Crippen LogP contribution in [0.1, 0.15) is 11.6 Å². The second-order valence-corrected chi connectivity index (χ2v) is 9.72. The predicted molar refractivity (Wildman–Crippen MR) is 121 cm³/mol. The first kappa shape index (κ1) is 23.5. The zero-order valence-corrected chi connectivity index (χ0v) is 19.3. The lowest BCUT2D eigenvalue weighted by Crippen LogP contribution is -2.48. The monoisotopic (exact) mass is 450 g/mol. The molecule has 31 heavy (non-hydrogen) atoms. The number of benzene rings is 2. The Morgan fingerprint density at radius 2 is 1.74 bits per heavy atom. The smallest absolute Gasteiger partial charge is 0.244 e. The third-order valence-corrected chi connectivity index (χ3v) is 7.10. The molecule has 0 spiro atoms. The quantitative estimate of drug-likeness (QED) is 0.665. The number of nitrogens with zero attached hydrogens (tertiary/aromatic N) is 3. The summed E-state index contributed by atoms with van der Waals surface area (Å²) in [5.74, 6) is -0.517. The van der Waals surface area contributed by atoms with Gasteiger partial charge in [-0.15, -0.1) is 0 Å². The fraction of sp³-hybridized carbons (Fsp3) is 0.455. The van der Waals surface area contributed by atoms with Crippen LogP contribution >= 0.6 is 0 Å². The van der Waals surface area contributed by atoms with Crippen LogP contribution in [-0.4, -0.2) is 79.2 Å². The highest BCUT2D eigenvalue weighted by Crippen LogP contribution is 2.27. The fourth-order valence-corrected chi connectivity index (χ4v) is 4.93. The van der Waals surface area contributed by atoms with Gasteiger partial charge in [-0.2, -0.15) is 0 Å². The van der Waals surface area contributed by atoms with Crippen molar-refractivity contribution in [1.29, 1.82) is 0 Å². The van der Waals surface area contributed by atoms with Gasteiger partial charge in [-0.3, -0.25) is 4.90 Å². The molecular formula is C22H31FN4O3S. The molecule has 1 N–H and O–H groups in total. The zero-order valence-electron chi connectivity index (χ0n) is 18.5. The summed E-state index contributed by atoms with van der Waals surface area (Å²) < 4.78 is 47.5. The lowest BCUT2D eigenvalue weighted by molar-refractivity contribution is 0.113. The van der Waals surface area contributed by atoms with Gasteiger partial charge in [0.15, 0.2) is 0 Å². The highest BCUT2D eigenvalue weighted by molar-refractivity contribution is 7.89. The van der Waals surface area contributed by atoms with Gasteiger partial charge < -0.3 is 14.5 Å². The topological polar surface area (TPSA) is 65.1 Å². The minimum absolute atomic E-state index is 0.111. The molecular weight excluding hydrogens is 419 g/mol. The van der Waals surface area contributed by atoms with Crippen LogP contribution in [0.15, 0.2) is 47.4 Å². The summed E-state index contributed by atoms with van der Waals surface area (Å²) in [7, 11) is 3.45. The predicted octanol–water partition coefficient (Wildman–Crippen LogP) is 2.17. The van der Waals surface area contributed by atoms with Crippen molar-refractivity contribution in [3.05, 3.63) is 53.8 Å². The Hall–Kier alpha value is -2.20. The first-order valence-corrected chi connectivity index (χ1v) is 11.7.